The van der Waals surface area contributed by atoms with Crippen LogP contribution in [0.15, 0.2) is 0 Å². The van der Waals surface area contributed by atoms with Crippen molar-refractivity contribution in [3.05, 3.63) is 0 Å². The molecule has 0 amide bonds. The van der Waals surface area contributed by atoms with Crippen LogP contribution in [-0.4, -0.2) is 84.5 Å². The molecule has 0 aromatic rings. The summed E-state index contributed by atoms with van der Waals surface area (Å²) < 4.78 is 25.6. The molecule has 3 N–H and O–H groups in total. The summed E-state index contributed by atoms with van der Waals surface area (Å²) in [6, 6.07) is 1.17. The van der Waals surface area contributed by atoms with Gasteiger partial charge in [0.2, 0.25) is 0 Å². The smallest absolute Gasteiger partial charge is 0.321 e. The summed E-state index contributed by atoms with van der Waals surface area (Å²) in [5.41, 5.74) is 0. The molecular weight excluding hydrogens is 843 g/mol. The number of rotatable bonds is 22. The van der Waals surface area contributed by atoms with Crippen molar-refractivity contribution in [2.45, 2.75) is 261 Å². The standard InChI is InChI=1S/C56H101N3O8/c1-31(2)39-22-40(32(3)4)24-41(23-39)65-54(61)45(20-18-17-19-21-52(60)64-42-25-46(33(5)6)57-47(26-42)34(7)8)53(55(62)66-43-27-48(35(9)10)58-49(28-43)36(11)12)56(63)67-44-29-50(37(13)14)59-51(30-44)38(15)16/h31-51,53,57-59H,17-30H2,1-16H3. The number of piperidine rings is 3. The molecule has 0 aromatic carbocycles. The average molecular weight is 944 g/mol. The van der Waals surface area contributed by atoms with Crippen LogP contribution < -0.4 is 16.0 Å². The molecule has 0 bridgehead atoms. The molecule has 9 atom stereocenters. The highest BCUT2D eigenvalue weighted by Gasteiger charge is 2.47. The van der Waals surface area contributed by atoms with E-state index in [0.717, 1.165) is 32.1 Å². The topological polar surface area (TPSA) is 141 Å². The lowest BCUT2D eigenvalue weighted by Gasteiger charge is -2.41. The van der Waals surface area contributed by atoms with E-state index in [1.54, 1.807) is 0 Å². The molecule has 0 spiro atoms. The third-order valence-electron chi connectivity index (χ3n) is 16.6. The second-order valence-electron chi connectivity index (χ2n) is 24.7. The predicted molar refractivity (Wildman–Crippen MR) is 269 cm³/mol. The van der Waals surface area contributed by atoms with Crippen LogP contribution >= 0.6 is 0 Å². The van der Waals surface area contributed by atoms with Crippen molar-refractivity contribution in [1.29, 1.82) is 0 Å². The van der Waals surface area contributed by atoms with Gasteiger partial charge in [0.25, 0.3) is 0 Å². The summed E-state index contributed by atoms with van der Waals surface area (Å²) in [4.78, 5) is 58.3. The highest BCUT2D eigenvalue weighted by molar-refractivity contribution is 5.99. The summed E-state index contributed by atoms with van der Waals surface area (Å²) in [6.45, 7) is 35.2. The van der Waals surface area contributed by atoms with Gasteiger partial charge < -0.3 is 34.9 Å². The number of unbranched alkanes of at least 4 members (excludes halogenated alkanes) is 2. The Morgan fingerprint density at radius 1 is 0.373 bits per heavy atom. The Kier molecular flexibility index (Phi) is 23.0. The van der Waals surface area contributed by atoms with Crippen LogP contribution in [0.2, 0.25) is 0 Å². The largest absolute Gasteiger partial charge is 0.462 e. The first-order chi connectivity index (χ1) is 31.4. The fraction of sp³-hybridized carbons (Fsp3) is 0.929. The van der Waals surface area contributed by atoms with Gasteiger partial charge in [0.05, 0.1) is 5.92 Å². The summed E-state index contributed by atoms with van der Waals surface area (Å²) in [5.74, 6) is -0.803. The molecule has 9 unspecified atom stereocenters. The van der Waals surface area contributed by atoms with E-state index in [1.165, 1.54) is 0 Å². The first-order valence-corrected chi connectivity index (χ1v) is 27.5. The van der Waals surface area contributed by atoms with E-state index >= 15 is 0 Å². The Bertz CT molecular complexity index is 1410. The number of carbonyl (C=O) groups is 4. The minimum atomic E-state index is -1.47. The molecule has 3 aliphatic heterocycles. The second kappa shape index (κ2) is 26.8. The molecule has 1 saturated carbocycles. The lowest BCUT2D eigenvalue weighted by atomic mass is 9.71. The van der Waals surface area contributed by atoms with Gasteiger partial charge in [-0.2, -0.15) is 0 Å². The molecule has 11 heteroatoms. The zero-order chi connectivity index (χ0) is 49.9. The SMILES string of the molecule is CC(C)C1CC(OC(=O)C(CCCCCC(=O)OC2CC(C(C)C)NC(C(C)C)C2)C(C(=O)OC2CC(C(C)C)NC(C(C)C)C2)C(=O)OC2CC(C(C)C)NC(C(C)C)C2)CC(C(C)C)C1. The Hall–Kier alpha value is -2.24. The van der Waals surface area contributed by atoms with Crippen LogP contribution in [0.5, 0.6) is 0 Å². The average Bonchev–Trinajstić information content (AvgIpc) is 3.24. The Morgan fingerprint density at radius 3 is 1.01 bits per heavy atom. The molecule has 3 saturated heterocycles. The first-order valence-electron chi connectivity index (χ1n) is 27.5. The summed E-state index contributed by atoms with van der Waals surface area (Å²) >= 11 is 0. The minimum Gasteiger partial charge on any atom is -0.462 e. The zero-order valence-electron chi connectivity index (χ0n) is 45.4. The van der Waals surface area contributed by atoms with Crippen LogP contribution in [0, 0.1) is 71.0 Å². The lowest BCUT2D eigenvalue weighted by molar-refractivity contribution is -0.182. The van der Waals surface area contributed by atoms with Crippen LogP contribution in [0.1, 0.15) is 201 Å². The zero-order valence-corrected chi connectivity index (χ0v) is 45.4. The van der Waals surface area contributed by atoms with Crippen molar-refractivity contribution in [2.24, 2.45) is 71.0 Å². The van der Waals surface area contributed by atoms with Gasteiger partial charge in [-0.25, -0.2) is 0 Å². The maximum absolute atomic E-state index is 15.0. The van der Waals surface area contributed by atoms with E-state index in [0.29, 0.717) is 116 Å². The van der Waals surface area contributed by atoms with E-state index in [2.05, 4.69) is 127 Å². The van der Waals surface area contributed by atoms with Crippen molar-refractivity contribution >= 4 is 23.9 Å². The maximum atomic E-state index is 15.0. The summed E-state index contributed by atoms with van der Waals surface area (Å²) in [6.07, 6.45) is 7.73. The first kappa shape index (κ1) is 57.3. The molecule has 0 aromatic heterocycles. The van der Waals surface area contributed by atoms with Gasteiger partial charge in [0.15, 0.2) is 5.92 Å². The molecular formula is C56H101N3O8. The highest BCUT2D eigenvalue weighted by Crippen LogP contribution is 2.40. The van der Waals surface area contributed by atoms with Gasteiger partial charge in [-0.1, -0.05) is 124 Å². The van der Waals surface area contributed by atoms with E-state index in [4.69, 9.17) is 18.9 Å². The minimum absolute atomic E-state index is 0.117. The van der Waals surface area contributed by atoms with Gasteiger partial charge >= 0.3 is 23.9 Å². The van der Waals surface area contributed by atoms with E-state index in [9.17, 15) is 19.2 Å². The van der Waals surface area contributed by atoms with Crippen molar-refractivity contribution < 1.29 is 38.1 Å². The molecule has 4 rings (SSSR count). The molecule has 0 radical (unpaired) electrons. The van der Waals surface area contributed by atoms with Gasteiger partial charge in [-0.3, -0.25) is 19.2 Å². The van der Waals surface area contributed by atoms with Crippen LogP contribution in [0.4, 0.5) is 0 Å². The van der Waals surface area contributed by atoms with Gasteiger partial charge in [-0.15, -0.1) is 0 Å². The molecule has 11 nitrogen and oxygen atoms in total. The van der Waals surface area contributed by atoms with Crippen LogP contribution in [-0.2, 0) is 38.1 Å². The Balaban J connectivity index is 1.61. The molecule has 4 fully saturated rings. The molecule has 1 aliphatic carbocycles. The van der Waals surface area contributed by atoms with E-state index in [-0.39, 0.29) is 55.2 Å². The van der Waals surface area contributed by atoms with Crippen LogP contribution in [0.25, 0.3) is 0 Å². The van der Waals surface area contributed by atoms with Gasteiger partial charge in [0, 0.05) is 81.2 Å². The van der Waals surface area contributed by atoms with Crippen molar-refractivity contribution in [2.75, 3.05) is 0 Å². The molecule has 67 heavy (non-hydrogen) atoms. The number of ether oxygens (including phenoxy) is 4. The predicted octanol–water partition coefficient (Wildman–Crippen LogP) is 10.8. The third kappa shape index (κ3) is 17.5. The van der Waals surface area contributed by atoms with Crippen molar-refractivity contribution in [3.8, 4) is 0 Å². The van der Waals surface area contributed by atoms with E-state index in [1.807, 2.05) is 0 Å². The molecule has 388 valence electrons. The second-order valence-corrected chi connectivity index (χ2v) is 24.7. The van der Waals surface area contributed by atoms with Crippen LogP contribution in [0.3, 0.4) is 0 Å². The molecule has 4 aliphatic rings. The monoisotopic (exact) mass is 944 g/mol. The maximum Gasteiger partial charge on any atom is 0.321 e. The highest BCUT2D eigenvalue weighted by atomic mass is 16.6. The molecule has 3 heterocycles. The number of nitrogens with one attached hydrogen (secondary N) is 3. The lowest BCUT2D eigenvalue weighted by Crippen LogP contribution is -2.54. The number of hydrogen-bond acceptors (Lipinski definition) is 11. The van der Waals surface area contributed by atoms with E-state index < -0.39 is 42.0 Å². The van der Waals surface area contributed by atoms with Gasteiger partial charge in [0.1, 0.15) is 24.4 Å². The third-order valence-corrected chi connectivity index (χ3v) is 16.6. The normalized spacial score (nSPS) is 31.8. The van der Waals surface area contributed by atoms with Crippen molar-refractivity contribution in [1.82, 2.24) is 16.0 Å². The number of esters is 4. The Labute approximate surface area is 409 Å². The quantitative estimate of drug-likeness (QED) is 0.0413. The summed E-state index contributed by atoms with van der Waals surface area (Å²) in [5, 5.41) is 11.3. The van der Waals surface area contributed by atoms with Crippen molar-refractivity contribution in [3.63, 3.8) is 0 Å². The number of carbonyl (C=O) groups excluding carboxylic acids is 4. The Morgan fingerprint density at radius 2 is 0.687 bits per heavy atom. The number of hydrogen-bond donors (Lipinski definition) is 3. The fourth-order valence-electron chi connectivity index (χ4n) is 11.5. The summed E-state index contributed by atoms with van der Waals surface area (Å²) in [7, 11) is 0. The fourth-order valence-corrected chi connectivity index (χ4v) is 11.5. The van der Waals surface area contributed by atoms with Gasteiger partial charge in [-0.05, 0) is 91.3 Å².